The van der Waals surface area contributed by atoms with Crippen LogP contribution in [0.5, 0.6) is 0 Å². The van der Waals surface area contributed by atoms with Crippen molar-refractivity contribution >= 4 is 51.0 Å². The van der Waals surface area contributed by atoms with Crippen molar-refractivity contribution in [2.75, 3.05) is 11.3 Å². The lowest BCUT2D eigenvalue weighted by Crippen LogP contribution is -2.44. The Labute approximate surface area is 295 Å². The molecule has 0 unspecified atom stereocenters. The minimum Gasteiger partial charge on any atom is -0.370 e. The fourth-order valence-electron chi connectivity index (χ4n) is 4.65. The molecule has 0 saturated heterocycles. The van der Waals surface area contributed by atoms with Crippen molar-refractivity contribution in [2.45, 2.75) is 50.2 Å². The van der Waals surface area contributed by atoms with Crippen LogP contribution in [0.2, 0.25) is 0 Å². The number of ketones is 1. The molecule has 0 saturated carbocycles. The van der Waals surface area contributed by atoms with E-state index in [4.69, 9.17) is 16.3 Å². The van der Waals surface area contributed by atoms with Crippen molar-refractivity contribution in [3.8, 4) is 0 Å². The Morgan fingerprint density at radius 1 is 0.980 bits per heavy atom. The van der Waals surface area contributed by atoms with E-state index in [-0.39, 0.29) is 41.2 Å². The number of aliphatic imine (C=N–C) groups is 1. The number of benzene rings is 2. The summed E-state index contributed by atoms with van der Waals surface area (Å²) in [5.74, 6) is -1.38. The van der Waals surface area contributed by atoms with Crippen LogP contribution in [-0.4, -0.2) is 60.7 Å². The molecule has 0 aliphatic heterocycles. The molecule has 0 radical (unpaired) electrons. The van der Waals surface area contributed by atoms with Gasteiger partial charge < -0.3 is 21.4 Å². The van der Waals surface area contributed by atoms with Gasteiger partial charge in [0.25, 0.3) is 5.56 Å². The second-order valence-electron chi connectivity index (χ2n) is 10.9. The average Bonchev–Trinajstić information content (AvgIpc) is 3.63. The Hall–Kier alpha value is -5.36. The molecule has 6 N–H and O–H groups in total. The lowest BCUT2D eigenvalue weighted by atomic mass is 10.1. The number of aromatic nitrogens is 2. The van der Waals surface area contributed by atoms with Gasteiger partial charge in [-0.2, -0.15) is 13.2 Å². The smallest absolute Gasteiger partial charge is 0.370 e. The highest BCUT2D eigenvalue weighted by Crippen LogP contribution is 2.15. The van der Waals surface area contributed by atoms with E-state index in [0.29, 0.717) is 30.5 Å². The maximum Gasteiger partial charge on any atom is 0.446 e. The lowest BCUT2D eigenvalue weighted by molar-refractivity contribution is -0.156. The van der Waals surface area contributed by atoms with Crippen molar-refractivity contribution in [3.05, 3.63) is 117 Å². The van der Waals surface area contributed by atoms with E-state index in [1.54, 1.807) is 41.8 Å². The molecule has 2 aromatic heterocycles. The fourth-order valence-corrected chi connectivity index (χ4v) is 6.48. The number of aldehydes is 1. The van der Waals surface area contributed by atoms with Crippen LogP contribution in [0.4, 0.5) is 18.9 Å². The quantitative estimate of drug-likeness (QED) is 0.0436. The molecule has 1 atom stereocenters. The summed E-state index contributed by atoms with van der Waals surface area (Å²) in [7, 11) is -3.94. The van der Waals surface area contributed by atoms with Gasteiger partial charge in [-0.05, 0) is 48.9 Å². The third-order valence-corrected chi connectivity index (χ3v) is 8.95. The summed E-state index contributed by atoms with van der Waals surface area (Å²) in [6, 6.07) is 20.3. The fraction of sp³-hybridized carbons (Fsp3) is 0.273. The topological polar surface area (TPSA) is 209 Å². The zero-order valence-electron chi connectivity index (χ0n) is 27.1. The normalized spacial score (nSPS) is 11.7. The molecule has 2 heterocycles. The first-order chi connectivity index (χ1) is 24.2. The van der Waals surface area contributed by atoms with Crippen LogP contribution in [0.25, 0.3) is 0 Å². The number of amides is 1. The number of carbonyl (C=O) groups excluding carboxylic acids is 3. The average molecular weight is 748 g/mol. The van der Waals surface area contributed by atoms with Crippen molar-refractivity contribution in [3.63, 3.8) is 0 Å². The lowest BCUT2D eigenvalue weighted by Gasteiger charge is -2.19. The molecule has 0 aliphatic carbocycles. The number of Topliss-reactive ketones (excluding diaryl/α,β-unsaturated/α-hetero) is 1. The van der Waals surface area contributed by atoms with Gasteiger partial charge in [0.05, 0.1) is 11.8 Å². The van der Waals surface area contributed by atoms with Gasteiger partial charge in [-0.3, -0.25) is 28.9 Å². The Kier molecular flexibility index (Phi) is 15.0. The van der Waals surface area contributed by atoms with Crippen LogP contribution in [-0.2, 0) is 44.8 Å². The molecule has 51 heavy (non-hydrogen) atoms. The van der Waals surface area contributed by atoms with E-state index in [1.807, 2.05) is 30.3 Å². The first-order valence-electron chi connectivity index (χ1n) is 15.3. The first kappa shape index (κ1) is 40.1. The molecule has 0 fully saturated rings. The van der Waals surface area contributed by atoms with Gasteiger partial charge in [0, 0.05) is 23.8 Å². The second-order valence-corrected chi connectivity index (χ2v) is 13.5. The highest BCUT2D eigenvalue weighted by molar-refractivity contribution is 7.91. The molecule has 4 rings (SSSR count). The Bertz CT molecular complexity index is 1930. The van der Waals surface area contributed by atoms with Gasteiger partial charge in [-0.1, -0.05) is 60.7 Å². The van der Waals surface area contributed by atoms with Crippen LogP contribution in [0.3, 0.4) is 0 Å². The summed E-state index contributed by atoms with van der Waals surface area (Å²) in [6.07, 6.45) is -2.58. The van der Waals surface area contributed by atoms with Crippen LogP contribution in [0.1, 0.15) is 39.5 Å². The first-order valence-corrected chi connectivity index (χ1v) is 17.8. The molecule has 13 nitrogen and oxygen atoms in total. The highest BCUT2D eigenvalue weighted by Gasteiger charge is 2.26. The summed E-state index contributed by atoms with van der Waals surface area (Å²) >= 11 is 1.15. The minimum absolute atomic E-state index is 0.0801. The van der Waals surface area contributed by atoms with Gasteiger partial charge >= 0.3 is 6.18 Å². The molecular formula is C33H36F3N7O6S2. The summed E-state index contributed by atoms with van der Waals surface area (Å²) in [5.41, 5.74) is 12.1. The maximum absolute atomic E-state index is 13.7. The summed E-state index contributed by atoms with van der Waals surface area (Å²) in [4.78, 5) is 57.0. The molecule has 272 valence electrons. The zero-order chi connectivity index (χ0) is 37.4. The van der Waals surface area contributed by atoms with Gasteiger partial charge in [-0.25, -0.2) is 13.4 Å². The summed E-state index contributed by atoms with van der Waals surface area (Å²) in [6.45, 7) is -0.180. The number of sulfonamides is 1. The number of thiazole rings is 1. The van der Waals surface area contributed by atoms with Gasteiger partial charge in [-0.15, -0.1) is 11.3 Å². The number of hydrogen-bond donors (Lipinski definition) is 4. The van der Waals surface area contributed by atoms with Crippen LogP contribution in [0.15, 0.2) is 94.2 Å². The number of anilines is 1. The molecule has 0 bridgehead atoms. The van der Waals surface area contributed by atoms with Crippen molar-refractivity contribution in [1.82, 2.24) is 14.9 Å². The number of carbonyl (C=O) groups is 3. The molecular weight excluding hydrogens is 712 g/mol. The number of hydrogen-bond acceptors (Lipinski definition) is 9. The van der Waals surface area contributed by atoms with Gasteiger partial charge in [0.15, 0.2) is 11.0 Å². The standard InChI is InChI=1S/C31H35N7O5S2.C2HF3O/c32-31(33)35-17-7-12-25(28(40)29-34-18-19-44-29)36-27(39)20-38-24(14-13-22-8-3-1-4-9-22)15-16-26(30(38)41)37-45(42,43)21-23-10-5-2-6-11-23;3-2(4,5)1-6/h1-6,8-11,15-16,18-19,25,37H,7,12-14,17,20-21H2,(H,36,39)(H4,32,33,35);1H/t25-;/m0./s1. The van der Waals surface area contributed by atoms with Gasteiger partial charge in [0.1, 0.15) is 12.2 Å². The number of aryl methyl sites for hydroxylation is 2. The predicted octanol–water partition coefficient (Wildman–Crippen LogP) is 3.20. The number of nitrogens with zero attached hydrogens (tertiary/aromatic N) is 3. The number of halogens is 3. The molecule has 2 aromatic carbocycles. The van der Waals surface area contributed by atoms with E-state index in [1.165, 1.54) is 16.8 Å². The number of rotatable bonds is 16. The number of nitrogens with one attached hydrogen (secondary N) is 2. The SMILES string of the molecule is NC(N)=NCCC[C@H](NC(=O)Cn1c(CCc2ccccc2)ccc(NS(=O)(=O)Cc2ccccc2)c1=O)C(=O)c1nccs1.O=CC(F)(F)F. The molecule has 18 heteroatoms. The zero-order valence-corrected chi connectivity index (χ0v) is 28.7. The Morgan fingerprint density at radius 3 is 2.18 bits per heavy atom. The number of alkyl halides is 3. The number of guanidine groups is 1. The molecule has 0 spiro atoms. The van der Waals surface area contributed by atoms with Crippen LogP contribution in [0, 0.1) is 0 Å². The largest absolute Gasteiger partial charge is 0.446 e. The Balaban J connectivity index is 0.00000107. The molecule has 4 aromatic rings. The van der Waals surface area contributed by atoms with Crippen molar-refractivity contribution < 1.29 is 36.0 Å². The van der Waals surface area contributed by atoms with Gasteiger partial charge in [0.2, 0.25) is 28.0 Å². The van der Waals surface area contributed by atoms with Crippen molar-refractivity contribution in [1.29, 1.82) is 0 Å². The summed E-state index contributed by atoms with van der Waals surface area (Å²) in [5, 5.41) is 4.63. The summed E-state index contributed by atoms with van der Waals surface area (Å²) < 4.78 is 60.8. The Morgan fingerprint density at radius 2 is 1.61 bits per heavy atom. The number of nitrogens with two attached hydrogens (primary N) is 2. The minimum atomic E-state index is -4.64. The number of pyridine rings is 1. The molecule has 1 amide bonds. The van der Waals surface area contributed by atoms with E-state index in [9.17, 15) is 36.0 Å². The predicted molar refractivity (Wildman–Crippen MR) is 188 cm³/mol. The third-order valence-electron chi connectivity index (χ3n) is 6.92. The monoisotopic (exact) mass is 747 g/mol. The van der Waals surface area contributed by atoms with E-state index in [2.05, 4.69) is 20.0 Å². The van der Waals surface area contributed by atoms with Crippen molar-refractivity contribution in [2.24, 2.45) is 16.5 Å². The highest BCUT2D eigenvalue weighted by atomic mass is 32.2. The van der Waals surface area contributed by atoms with E-state index in [0.717, 1.165) is 16.9 Å². The maximum atomic E-state index is 13.7. The van der Waals surface area contributed by atoms with E-state index >= 15 is 0 Å². The van der Waals surface area contributed by atoms with Crippen LogP contribution < -0.4 is 27.1 Å². The molecule has 0 aliphatic rings. The van der Waals surface area contributed by atoms with Crippen LogP contribution >= 0.6 is 11.3 Å². The second kappa shape index (κ2) is 19.1. The van der Waals surface area contributed by atoms with E-state index < -0.39 is 46.5 Å². The third kappa shape index (κ3) is 14.2.